The summed E-state index contributed by atoms with van der Waals surface area (Å²) >= 11 is 7.57. The summed E-state index contributed by atoms with van der Waals surface area (Å²) in [6.07, 6.45) is 0. The standard InChI is InChI=1S/C17H14ClN3O2S/c1-21-16(12-3-5-13(18)6-4-12)19-20-17(21)24-9-11-2-7-14-15(8-11)23-10-22-14/h2-8H,9-10H2,1H3. The molecule has 3 aromatic rings. The van der Waals surface area contributed by atoms with Crippen LogP contribution in [0.5, 0.6) is 11.5 Å². The Morgan fingerprint density at radius 2 is 1.88 bits per heavy atom. The normalized spacial score (nSPS) is 12.6. The monoisotopic (exact) mass is 359 g/mol. The first kappa shape index (κ1) is 15.4. The minimum atomic E-state index is 0.291. The highest BCUT2D eigenvalue weighted by Gasteiger charge is 2.15. The van der Waals surface area contributed by atoms with E-state index in [-0.39, 0.29) is 0 Å². The number of aromatic nitrogens is 3. The van der Waals surface area contributed by atoms with Gasteiger partial charge in [-0.2, -0.15) is 0 Å². The Kier molecular flexibility index (Phi) is 4.08. The fourth-order valence-corrected chi connectivity index (χ4v) is 3.45. The molecule has 122 valence electrons. The molecule has 0 N–H and O–H groups in total. The summed E-state index contributed by atoms with van der Waals surface area (Å²) in [5.74, 6) is 3.20. The van der Waals surface area contributed by atoms with E-state index in [1.807, 2.05) is 54.1 Å². The second-order valence-electron chi connectivity index (χ2n) is 5.35. The molecule has 1 aliphatic rings. The highest BCUT2D eigenvalue weighted by Crippen LogP contribution is 2.34. The van der Waals surface area contributed by atoms with Crippen molar-refractivity contribution in [2.45, 2.75) is 10.9 Å². The average molecular weight is 360 g/mol. The molecule has 0 radical (unpaired) electrons. The maximum Gasteiger partial charge on any atom is 0.231 e. The lowest BCUT2D eigenvalue weighted by atomic mass is 10.2. The van der Waals surface area contributed by atoms with Crippen LogP contribution in [0.1, 0.15) is 5.56 Å². The zero-order valence-electron chi connectivity index (χ0n) is 12.9. The summed E-state index contributed by atoms with van der Waals surface area (Å²) in [5, 5.41) is 10.1. The van der Waals surface area contributed by atoms with Crippen molar-refractivity contribution in [3.05, 3.63) is 53.1 Å². The predicted molar refractivity (Wildman–Crippen MR) is 93.6 cm³/mol. The molecule has 0 aliphatic carbocycles. The lowest BCUT2D eigenvalue weighted by Crippen LogP contribution is -1.95. The van der Waals surface area contributed by atoms with Crippen molar-refractivity contribution in [3.8, 4) is 22.9 Å². The first-order chi connectivity index (χ1) is 11.7. The molecule has 0 bridgehead atoms. The molecular formula is C17H14ClN3O2S. The summed E-state index contributed by atoms with van der Waals surface area (Å²) in [6, 6.07) is 13.6. The molecule has 0 amide bonds. The van der Waals surface area contributed by atoms with Gasteiger partial charge in [0.05, 0.1) is 0 Å². The van der Waals surface area contributed by atoms with Crippen LogP contribution in [0.3, 0.4) is 0 Å². The van der Waals surface area contributed by atoms with Gasteiger partial charge in [-0.3, -0.25) is 0 Å². The number of halogens is 1. The van der Waals surface area contributed by atoms with E-state index in [1.165, 1.54) is 0 Å². The van der Waals surface area contributed by atoms with Crippen molar-refractivity contribution < 1.29 is 9.47 Å². The van der Waals surface area contributed by atoms with E-state index in [4.69, 9.17) is 21.1 Å². The Morgan fingerprint density at radius 1 is 1.08 bits per heavy atom. The average Bonchev–Trinajstić information content (AvgIpc) is 3.20. The Hall–Kier alpha value is -2.18. The summed E-state index contributed by atoms with van der Waals surface area (Å²) < 4.78 is 12.7. The van der Waals surface area contributed by atoms with Crippen molar-refractivity contribution in [3.63, 3.8) is 0 Å². The second kappa shape index (κ2) is 6.37. The van der Waals surface area contributed by atoms with Gasteiger partial charge in [-0.1, -0.05) is 29.4 Å². The molecule has 0 spiro atoms. The summed E-state index contributed by atoms with van der Waals surface area (Å²) in [6.45, 7) is 0.291. The van der Waals surface area contributed by atoms with Crippen LogP contribution < -0.4 is 9.47 Å². The first-order valence-electron chi connectivity index (χ1n) is 7.37. The molecular weight excluding hydrogens is 346 g/mol. The minimum absolute atomic E-state index is 0.291. The van der Waals surface area contributed by atoms with Crippen LogP contribution >= 0.6 is 23.4 Å². The minimum Gasteiger partial charge on any atom is -0.454 e. The lowest BCUT2D eigenvalue weighted by Gasteiger charge is -2.05. The van der Waals surface area contributed by atoms with Crippen LogP contribution in [-0.4, -0.2) is 21.6 Å². The highest BCUT2D eigenvalue weighted by molar-refractivity contribution is 7.98. The third-order valence-corrected chi connectivity index (χ3v) is 5.09. The molecule has 0 unspecified atom stereocenters. The van der Waals surface area contributed by atoms with Crippen molar-refractivity contribution in [2.75, 3.05) is 6.79 Å². The van der Waals surface area contributed by atoms with Crippen LogP contribution in [0.15, 0.2) is 47.6 Å². The molecule has 1 aromatic heterocycles. The molecule has 0 saturated carbocycles. The van der Waals surface area contributed by atoms with Gasteiger partial charge in [0.25, 0.3) is 0 Å². The fraction of sp³-hybridized carbons (Fsp3) is 0.176. The maximum atomic E-state index is 5.94. The number of benzene rings is 2. The van der Waals surface area contributed by atoms with Crippen molar-refractivity contribution in [1.82, 2.24) is 14.8 Å². The fourth-order valence-electron chi connectivity index (χ4n) is 2.47. The highest BCUT2D eigenvalue weighted by atomic mass is 35.5. The van der Waals surface area contributed by atoms with E-state index in [1.54, 1.807) is 11.8 Å². The van der Waals surface area contributed by atoms with Crippen LogP contribution in [0.25, 0.3) is 11.4 Å². The van der Waals surface area contributed by atoms with Gasteiger partial charge >= 0.3 is 0 Å². The second-order valence-corrected chi connectivity index (χ2v) is 6.73. The van der Waals surface area contributed by atoms with Gasteiger partial charge in [0.2, 0.25) is 6.79 Å². The maximum absolute atomic E-state index is 5.94. The van der Waals surface area contributed by atoms with Gasteiger partial charge in [-0.15, -0.1) is 10.2 Å². The van der Waals surface area contributed by atoms with Gasteiger partial charge in [0.1, 0.15) is 0 Å². The van der Waals surface area contributed by atoms with Gasteiger partial charge in [0.15, 0.2) is 22.5 Å². The lowest BCUT2D eigenvalue weighted by molar-refractivity contribution is 0.174. The van der Waals surface area contributed by atoms with E-state index < -0.39 is 0 Å². The first-order valence-corrected chi connectivity index (χ1v) is 8.74. The quantitative estimate of drug-likeness (QED) is 0.655. The number of hydrogen-bond donors (Lipinski definition) is 0. The van der Waals surface area contributed by atoms with Crippen molar-refractivity contribution in [2.24, 2.45) is 7.05 Å². The number of nitrogens with zero attached hydrogens (tertiary/aromatic N) is 3. The topological polar surface area (TPSA) is 49.2 Å². The van der Waals surface area contributed by atoms with Gasteiger partial charge in [-0.05, 0) is 42.0 Å². The van der Waals surface area contributed by atoms with Gasteiger partial charge < -0.3 is 14.0 Å². The van der Waals surface area contributed by atoms with Crippen molar-refractivity contribution in [1.29, 1.82) is 0 Å². The SMILES string of the molecule is Cn1c(SCc2ccc3c(c2)OCO3)nnc1-c1ccc(Cl)cc1. The predicted octanol–water partition coefficient (Wildman–Crippen LogP) is 4.16. The molecule has 24 heavy (non-hydrogen) atoms. The zero-order valence-corrected chi connectivity index (χ0v) is 14.5. The number of thioether (sulfide) groups is 1. The molecule has 2 aromatic carbocycles. The van der Waals surface area contributed by atoms with E-state index in [2.05, 4.69) is 10.2 Å². The molecule has 0 fully saturated rings. The molecule has 0 saturated heterocycles. The number of fused-ring (bicyclic) bond motifs is 1. The molecule has 7 heteroatoms. The summed E-state index contributed by atoms with van der Waals surface area (Å²) in [4.78, 5) is 0. The number of ether oxygens (including phenoxy) is 2. The zero-order chi connectivity index (χ0) is 16.5. The Balaban J connectivity index is 1.50. The Bertz CT molecular complexity index is 880. The van der Waals surface area contributed by atoms with Crippen LogP contribution in [-0.2, 0) is 12.8 Å². The van der Waals surface area contributed by atoms with Crippen LogP contribution in [0.4, 0.5) is 0 Å². The van der Waals surface area contributed by atoms with E-state index in [9.17, 15) is 0 Å². The van der Waals surface area contributed by atoms with E-state index >= 15 is 0 Å². The largest absolute Gasteiger partial charge is 0.454 e. The smallest absolute Gasteiger partial charge is 0.231 e. The Labute approximate surface area is 148 Å². The van der Waals surface area contributed by atoms with Gasteiger partial charge in [0, 0.05) is 23.4 Å². The third-order valence-electron chi connectivity index (χ3n) is 3.74. The van der Waals surface area contributed by atoms with Crippen molar-refractivity contribution >= 4 is 23.4 Å². The Morgan fingerprint density at radius 3 is 2.71 bits per heavy atom. The molecule has 0 atom stereocenters. The van der Waals surface area contributed by atoms with Crippen LogP contribution in [0.2, 0.25) is 5.02 Å². The molecule has 1 aliphatic heterocycles. The van der Waals surface area contributed by atoms with Gasteiger partial charge in [-0.25, -0.2) is 0 Å². The number of rotatable bonds is 4. The van der Waals surface area contributed by atoms with Crippen LogP contribution in [0, 0.1) is 0 Å². The summed E-state index contributed by atoms with van der Waals surface area (Å²) in [5.41, 5.74) is 2.14. The molecule has 4 rings (SSSR count). The van der Waals surface area contributed by atoms with E-state index in [0.717, 1.165) is 39.4 Å². The molecule has 2 heterocycles. The third kappa shape index (κ3) is 2.95. The molecule has 5 nitrogen and oxygen atoms in total. The summed E-state index contributed by atoms with van der Waals surface area (Å²) in [7, 11) is 1.96. The number of hydrogen-bond acceptors (Lipinski definition) is 5. The van der Waals surface area contributed by atoms with E-state index in [0.29, 0.717) is 11.8 Å².